The fraction of sp³-hybridized carbons (Fsp3) is 0.467. The summed E-state index contributed by atoms with van der Waals surface area (Å²) in [7, 11) is 1.72. The van der Waals surface area contributed by atoms with Crippen LogP contribution >= 0.6 is 0 Å². The lowest BCUT2D eigenvalue weighted by molar-refractivity contribution is 0.161. The van der Waals surface area contributed by atoms with Gasteiger partial charge in [0.2, 0.25) is 0 Å². The van der Waals surface area contributed by atoms with Gasteiger partial charge in [0, 0.05) is 20.3 Å². The minimum atomic E-state index is 0.661. The Hall–Kier alpha value is -1.16. The summed E-state index contributed by atoms with van der Waals surface area (Å²) < 4.78 is 10.4. The van der Waals surface area contributed by atoms with Crippen molar-refractivity contribution < 1.29 is 9.47 Å². The monoisotopic (exact) mass is 249 g/mol. The van der Waals surface area contributed by atoms with Gasteiger partial charge in [-0.1, -0.05) is 42.5 Å². The number of hydrogen-bond donors (Lipinski definition) is 1. The van der Waals surface area contributed by atoms with E-state index in [1.54, 1.807) is 7.11 Å². The number of nitrogens with one attached hydrogen (secondary N) is 1. The maximum absolute atomic E-state index is 5.48. The molecule has 0 heterocycles. The molecule has 0 aliphatic carbocycles. The van der Waals surface area contributed by atoms with Crippen molar-refractivity contribution in [2.24, 2.45) is 0 Å². The van der Waals surface area contributed by atoms with Crippen LogP contribution in [0.2, 0.25) is 0 Å². The zero-order valence-corrected chi connectivity index (χ0v) is 11.1. The SMILES string of the molecule is COCCCNCCOC/C=C/c1ccccc1. The van der Waals surface area contributed by atoms with Crippen LogP contribution in [-0.2, 0) is 9.47 Å². The normalized spacial score (nSPS) is 11.2. The zero-order valence-electron chi connectivity index (χ0n) is 11.1. The average Bonchev–Trinajstić information content (AvgIpc) is 2.42. The van der Waals surface area contributed by atoms with Gasteiger partial charge in [-0.3, -0.25) is 0 Å². The van der Waals surface area contributed by atoms with Gasteiger partial charge in [0.15, 0.2) is 0 Å². The molecule has 0 unspecified atom stereocenters. The molecule has 1 N–H and O–H groups in total. The van der Waals surface area contributed by atoms with Gasteiger partial charge in [0.1, 0.15) is 0 Å². The summed E-state index contributed by atoms with van der Waals surface area (Å²) in [5.74, 6) is 0. The molecule has 0 aliphatic rings. The topological polar surface area (TPSA) is 30.5 Å². The van der Waals surface area contributed by atoms with Crippen molar-refractivity contribution in [3.05, 3.63) is 42.0 Å². The number of rotatable bonds is 10. The minimum Gasteiger partial charge on any atom is -0.385 e. The van der Waals surface area contributed by atoms with Crippen molar-refractivity contribution in [1.82, 2.24) is 5.32 Å². The highest BCUT2D eigenvalue weighted by molar-refractivity contribution is 5.48. The molecular formula is C15H23NO2. The van der Waals surface area contributed by atoms with E-state index in [0.717, 1.165) is 32.7 Å². The van der Waals surface area contributed by atoms with Crippen LogP contribution in [0.25, 0.3) is 6.08 Å². The highest BCUT2D eigenvalue weighted by Crippen LogP contribution is 2.00. The summed E-state index contributed by atoms with van der Waals surface area (Å²) in [6.45, 7) is 4.09. The molecule has 100 valence electrons. The largest absolute Gasteiger partial charge is 0.385 e. The molecule has 18 heavy (non-hydrogen) atoms. The molecule has 0 radical (unpaired) electrons. The highest BCUT2D eigenvalue weighted by Gasteiger charge is 1.88. The Morgan fingerprint density at radius 2 is 1.94 bits per heavy atom. The molecule has 1 aromatic rings. The Kier molecular flexibility index (Phi) is 9.07. The van der Waals surface area contributed by atoms with Gasteiger partial charge in [-0.15, -0.1) is 0 Å². The van der Waals surface area contributed by atoms with Crippen molar-refractivity contribution >= 4 is 6.08 Å². The predicted molar refractivity (Wildman–Crippen MR) is 75.7 cm³/mol. The van der Waals surface area contributed by atoms with Crippen molar-refractivity contribution in [3.63, 3.8) is 0 Å². The molecule has 0 amide bonds. The molecule has 1 rings (SSSR count). The first-order valence-corrected chi connectivity index (χ1v) is 6.42. The van der Waals surface area contributed by atoms with Crippen LogP contribution in [-0.4, -0.2) is 40.0 Å². The second-order valence-electron chi connectivity index (χ2n) is 3.98. The fourth-order valence-corrected chi connectivity index (χ4v) is 1.51. The molecule has 0 saturated heterocycles. The average molecular weight is 249 g/mol. The third-order valence-electron chi connectivity index (χ3n) is 2.45. The number of benzene rings is 1. The van der Waals surface area contributed by atoms with E-state index in [0.29, 0.717) is 6.61 Å². The maximum atomic E-state index is 5.48. The molecule has 0 saturated carbocycles. The van der Waals surface area contributed by atoms with E-state index >= 15 is 0 Å². The molecule has 3 nitrogen and oxygen atoms in total. The van der Waals surface area contributed by atoms with Crippen LogP contribution in [0.5, 0.6) is 0 Å². The first-order valence-electron chi connectivity index (χ1n) is 6.42. The van der Waals surface area contributed by atoms with E-state index in [1.807, 2.05) is 24.3 Å². The minimum absolute atomic E-state index is 0.661. The molecule has 0 spiro atoms. The van der Waals surface area contributed by atoms with Crippen LogP contribution < -0.4 is 5.32 Å². The summed E-state index contributed by atoms with van der Waals surface area (Å²) >= 11 is 0. The maximum Gasteiger partial charge on any atom is 0.0651 e. The highest BCUT2D eigenvalue weighted by atomic mass is 16.5. The van der Waals surface area contributed by atoms with Gasteiger partial charge in [0.25, 0.3) is 0 Å². The van der Waals surface area contributed by atoms with Gasteiger partial charge in [-0.2, -0.15) is 0 Å². The lowest BCUT2D eigenvalue weighted by atomic mass is 10.2. The predicted octanol–water partition coefficient (Wildman–Crippen LogP) is 2.34. The van der Waals surface area contributed by atoms with E-state index in [1.165, 1.54) is 5.56 Å². The lowest BCUT2D eigenvalue weighted by Crippen LogP contribution is -2.21. The van der Waals surface area contributed by atoms with Gasteiger partial charge in [-0.25, -0.2) is 0 Å². The van der Waals surface area contributed by atoms with Crippen molar-refractivity contribution in [3.8, 4) is 0 Å². The summed E-state index contributed by atoms with van der Waals surface area (Å²) in [5.41, 5.74) is 1.21. The van der Waals surface area contributed by atoms with Crippen molar-refractivity contribution in [2.45, 2.75) is 6.42 Å². The smallest absolute Gasteiger partial charge is 0.0651 e. The molecular weight excluding hydrogens is 226 g/mol. The quantitative estimate of drug-likeness (QED) is 0.646. The lowest BCUT2D eigenvalue weighted by Gasteiger charge is -2.04. The summed E-state index contributed by atoms with van der Waals surface area (Å²) in [5, 5.41) is 3.30. The second kappa shape index (κ2) is 11.0. The van der Waals surface area contributed by atoms with Crippen molar-refractivity contribution in [1.29, 1.82) is 0 Å². The number of ether oxygens (including phenoxy) is 2. The molecule has 3 heteroatoms. The Labute approximate surface area is 110 Å². The van der Waals surface area contributed by atoms with Gasteiger partial charge in [0.05, 0.1) is 13.2 Å². The summed E-state index contributed by atoms with van der Waals surface area (Å²) in [6.07, 6.45) is 5.16. The van der Waals surface area contributed by atoms with E-state index in [4.69, 9.17) is 9.47 Å². The molecule has 0 bridgehead atoms. The summed E-state index contributed by atoms with van der Waals surface area (Å²) in [4.78, 5) is 0. The van der Waals surface area contributed by atoms with Gasteiger partial charge < -0.3 is 14.8 Å². The Morgan fingerprint density at radius 3 is 2.72 bits per heavy atom. The van der Waals surface area contributed by atoms with Crippen LogP contribution in [0.1, 0.15) is 12.0 Å². The van der Waals surface area contributed by atoms with Crippen LogP contribution in [0.15, 0.2) is 36.4 Å². The van der Waals surface area contributed by atoms with Crippen molar-refractivity contribution in [2.75, 3.05) is 40.0 Å². The molecule has 0 atom stereocenters. The van der Waals surface area contributed by atoms with Crippen LogP contribution in [0.3, 0.4) is 0 Å². The van der Waals surface area contributed by atoms with E-state index in [-0.39, 0.29) is 0 Å². The number of hydrogen-bond acceptors (Lipinski definition) is 3. The zero-order chi connectivity index (χ0) is 12.9. The third-order valence-corrected chi connectivity index (χ3v) is 2.45. The summed E-state index contributed by atoms with van der Waals surface area (Å²) in [6, 6.07) is 10.2. The Morgan fingerprint density at radius 1 is 1.11 bits per heavy atom. The Bertz CT molecular complexity index is 312. The van der Waals surface area contributed by atoms with Crippen LogP contribution in [0, 0.1) is 0 Å². The van der Waals surface area contributed by atoms with E-state index in [2.05, 4.69) is 23.5 Å². The van der Waals surface area contributed by atoms with Gasteiger partial charge >= 0.3 is 0 Å². The fourth-order valence-electron chi connectivity index (χ4n) is 1.51. The number of methoxy groups -OCH3 is 1. The molecule has 0 aromatic heterocycles. The molecule has 0 fully saturated rings. The second-order valence-corrected chi connectivity index (χ2v) is 3.98. The molecule has 1 aromatic carbocycles. The Balaban J connectivity index is 1.91. The van der Waals surface area contributed by atoms with Gasteiger partial charge in [-0.05, 0) is 18.5 Å². The van der Waals surface area contributed by atoms with E-state index in [9.17, 15) is 0 Å². The third kappa shape index (κ3) is 8.01. The molecule has 0 aliphatic heterocycles. The first kappa shape index (κ1) is 14.9. The van der Waals surface area contributed by atoms with Crippen LogP contribution in [0.4, 0.5) is 0 Å². The first-order chi connectivity index (χ1) is 8.93. The standard InChI is InChI=1S/C15H23NO2/c1-17-12-6-10-16-11-14-18-13-5-9-15-7-3-2-4-8-15/h2-5,7-9,16H,6,10-14H2,1H3/b9-5+. The van der Waals surface area contributed by atoms with E-state index < -0.39 is 0 Å².